The van der Waals surface area contributed by atoms with Crippen LogP contribution in [0.4, 0.5) is 0 Å². The molecule has 0 radical (unpaired) electrons. The molecule has 62 valence electrons. The van der Waals surface area contributed by atoms with E-state index in [2.05, 4.69) is 13.0 Å². The topological polar surface area (TPSA) is 0 Å². The van der Waals surface area contributed by atoms with E-state index >= 15 is 0 Å². The summed E-state index contributed by atoms with van der Waals surface area (Å²) in [7, 11) is 0. The Morgan fingerprint density at radius 2 is 1.64 bits per heavy atom. The van der Waals surface area contributed by atoms with Gasteiger partial charge in [-0.3, -0.25) is 0 Å². The van der Waals surface area contributed by atoms with Gasteiger partial charge in [-0.05, 0) is 44.4 Å². The van der Waals surface area contributed by atoms with E-state index in [1.165, 1.54) is 38.5 Å². The maximum Gasteiger partial charge on any atom is -0.0289 e. The van der Waals surface area contributed by atoms with Crippen LogP contribution < -0.4 is 0 Å². The Balaban J connectivity index is 2.03. The van der Waals surface area contributed by atoms with E-state index in [-0.39, 0.29) is 0 Å². The Hall–Kier alpha value is -0.260. The van der Waals surface area contributed by atoms with Crippen LogP contribution in [0.5, 0.6) is 0 Å². The van der Waals surface area contributed by atoms with Gasteiger partial charge in [-0.1, -0.05) is 24.5 Å². The lowest BCUT2D eigenvalue weighted by Crippen LogP contribution is -2.12. The zero-order chi connectivity index (χ0) is 7.68. The molecule has 0 N–H and O–H groups in total. The Morgan fingerprint density at radius 1 is 1.09 bits per heavy atom. The molecule has 2 aliphatic rings. The fourth-order valence-electron chi connectivity index (χ4n) is 2.81. The van der Waals surface area contributed by atoms with Gasteiger partial charge in [0.1, 0.15) is 0 Å². The second-order valence-corrected chi connectivity index (χ2v) is 4.16. The number of rotatable bonds is 0. The van der Waals surface area contributed by atoms with Crippen molar-refractivity contribution in [3.63, 3.8) is 0 Å². The van der Waals surface area contributed by atoms with Gasteiger partial charge in [-0.2, -0.15) is 0 Å². The van der Waals surface area contributed by atoms with Crippen molar-refractivity contribution in [2.24, 2.45) is 11.8 Å². The van der Waals surface area contributed by atoms with E-state index in [1.807, 2.05) is 0 Å². The quantitative estimate of drug-likeness (QED) is 0.463. The van der Waals surface area contributed by atoms with E-state index in [9.17, 15) is 0 Å². The highest BCUT2D eigenvalue weighted by Crippen LogP contribution is 2.44. The third-order valence-electron chi connectivity index (χ3n) is 3.52. The molecule has 2 fully saturated rings. The summed E-state index contributed by atoms with van der Waals surface area (Å²) in [4.78, 5) is 0. The molecular weight excluding hydrogens is 132 g/mol. The van der Waals surface area contributed by atoms with Gasteiger partial charge in [-0.15, -0.1) is 0 Å². The van der Waals surface area contributed by atoms with Crippen LogP contribution in [-0.2, 0) is 0 Å². The minimum Gasteiger partial charge on any atom is -0.0884 e. The second-order valence-electron chi connectivity index (χ2n) is 4.16. The summed E-state index contributed by atoms with van der Waals surface area (Å²) >= 11 is 0. The molecule has 0 unspecified atom stereocenters. The highest BCUT2D eigenvalue weighted by molar-refractivity contribution is 5.10. The van der Waals surface area contributed by atoms with Crippen LogP contribution in [-0.4, -0.2) is 0 Å². The third-order valence-corrected chi connectivity index (χ3v) is 3.52. The van der Waals surface area contributed by atoms with Crippen molar-refractivity contribution in [3.05, 3.63) is 11.6 Å². The molecule has 0 nitrogen and oxygen atoms in total. The van der Waals surface area contributed by atoms with Gasteiger partial charge in [0.25, 0.3) is 0 Å². The first kappa shape index (κ1) is 7.39. The summed E-state index contributed by atoms with van der Waals surface area (Å²) in [5, 5.41) is 0. The highest BCUT2D eigenvalue weighted by atomic mass is 14.4. The molecule has 0 aromatic carbocycles. The van der Waals surface area contributed by atoms with E-state index in [0.717, 1.165) is 11.8 Å². The van der Waals surface area contributed by atoms with Crippen LogP contribution in [0.3, 0.4) is 0 Å². The predicted molar refractivity (Wildman–Crippen MR) is 48.4 cm³/mol. The summed E-state index contributed by atoms with van der Waals surface area (Å²) in [5.41, 5.74) is 1.74. The average Bonchev–Trinajstić information content (AvgIpc) is 2.46. The minimum absolute atomic E-state index is 1.08. The molecule has 0 spiro atoms. The largest absolute Gasteiger partial charge is 0.0884 e. The molecular formula is C11H18. The smallest absolute Gasteiger partial charge is 0.0289 e. The standard InChI is InChI=1S/C11H18/c1-2-9-7-10-5-3-4-6-11(10)8-9/h2,10-11H,3-8H2,1H3/t10-,11-/m1/s1. The Morgan fingerprint density at radius 3 is 2.09 bits per heavy atom. The summed E-state index contributed by atoms with van der Waals surface area (Å²) in [6.45, 7) is 2.20. The normalized spacial score (nSPS) is 37.0. The molecule has 2 atom stereocenters. The Kier molecular flexibility index (Phi) is 2.02. The fraction of sp³-hybridized carbons (Fsp3) is 0.818. The van der Waals surface area contributed by atoms with Gasteiger partial charge in [0.05, 0.1) is 0 Å². The molecule has 0 heteroatoms. The average molecular weight is 150 g/mol. The van der Waals surface area contributed by atoms with E-state index in [0.29, 0.717) is 0 Å². The Bertz CT molecular complexity index is 151. The molecule has 0 amide bonds. The lowest BCUT2D eigenvalue weighted by Gasteiger charge is -2.23. The van der Waals surface area contributed by atoms with Crippen LogP contribution >= 0.6 is 0 Å². The second kappa shape index (κ2) is 3.00. The van der Waals surface area contributed by atoms with Gasteiger partial charge in [0, 0.05) is 0 Å². The molecule has 0 aromatic heterocycles. The first-order valence-corrected chi connectivity index (χ1v) is 5.04. The van der Waals surface area contributed by atoms with Crippen LogP contribution in [0.15, 0.2) is 11.6 Å². The van der Waals surface area contributed by atoms with Gasteiger partial charge in [0.15, 0.2) is 0 Å². The zero-order valence-electron chi connectivity index (χ0n) is 7.47. The number of allylic oxidation sites excluding steroid dienone is 2. The van der Waals surface area contributed by atoms with Crippen molar-refractivity contribution in [2.45, 2.75) is 45.4 Å². The van der Waals surface area contributed by atoms with Crippen molar-refractivity contribution in [1.29, 1.82) is 0 Å². The summed E-state index contributed by atoms with van der Waals surface area (Å²) < 4.78 is 0. The van der Waals surface area contributed by atoms with Gasteiger partial charge in [-0.25, -0.2) is 0 Å². The van der Waals surface area contributed by atoms with Gasteiger partial charge in [0.2, 0.25) is 0 Å². The van der Waals surface area contributed by atoms with E-state index < -0.39 is 0 Å². The van der Waals surface area contributed by atoms with Crippen LogP contribution in [0.25, 0.3) is 0 Å². The zero-order valence-corrected chi connectivity index (χ0v) is 7.47. The first-order chi connectivity index (χ1) is 5.40. The monoisotopic (exact) mass is 150 g/mol. The van der Waals surface area contributed by atoms with Gasteiger partial charge < -0.3 is 0 Å². The molecule has 0 heterocycles. The predicted octanol–water partition coefficient (Wildman–Crippen LogP) is 3.53. The number of hydrogen-bond donors (Lipinski definition) is 0. The lowest BCUT2D eigenvalue weighted by molar-refractivity contribution is 0.277. The SMILES string of the molecule is CC=C1C[C@H]2CCCC[C@@H]2C1. The van der Waals surface area contributed by atoms with Crippen LogP contribution in [0.2, 0.25) is 0 Å². The maximum atomic E-state index is 2.35. The van der Waals surface area contributed by atoms with E-state index in [1.54, 1.807) is 5.57 Å². The fourth-order valence-corrected chi connectivity index (χ4v) is 2.81. The van der Waals surface area contributed by atoms with Gasteiger partial charge >= 0.3 is 0 Å². The third kappa shape index (κ3) is 1.36. The summed E-state index contributed by atoms with van der Waals surface area (Å²) in [5.74, 6) is 2.16. The van der Waals surface area contributed by atoms with Crippen LogP contribution in [0, 0.1) is 11.8 Å². The van der Waals surface area contributed by atoms with Crippen molar-refractivity contribution in [2.75, 3.05) is 0 Å². The van der Waals surface area contributed by atoms with E-state index in [4.69, 9.17) is 0 Å². The first-order valence-electron chi connectivity index (χ1n) is 5.04. The number of hydrogen-bond acceptors (Lipinski definition) is 0. The highest BCUT2D eigenvalue weighted by Gasteiger charge is 2.31. The van der Waals surface area contributed by atoms with Crippen molar-refractivity contribution in [1.82, 2.24) is 0 Å². The summed E-state index contributed by atoms with van der Waals surface area (Å²) in [6, 6.07) is 0. The Labute approximate surface area is 69.7 Å². The lowest BCUT2D eigenvalue weighted by atomic mass is 9.82. The molecule has 2 rings (SSSR count). The molecule has 2 aliphatic carbocycles. The molecule has 11 heavy (non-hydrogen) atoms. The molecule has 0 saturated heterocycles. The molecule has 2 saturated carbocycles. The minimum atomic E-state index is 1.08. The van der Waals surface area contributed by atoms with Crippen molar-refractivity contribution >= 4 is 0 Å². The van der Waals surface area contributed by atoms with Crippen molar-refractivity contribution < 1.29 is 0 Å². The molecule has 0 bridgehead atoms. The van der Waals surface area contributed by atoms with Crippen LogP contribution in [0.1, 0.15) is 45.4 Å². The summed E-state index contributed by atoms with van der Waals surface area (Å²) in [6.07, 6.45) is 11.2. The van der Waals surface area contributed by atoms with Crippen molar-refractivity contribution in [3.8, 4) is 0 Å². The molecule has 0 aliphatic heterocycles. The molecule has 0 aromatic rings. The number of fused-ring (bicyclic) bond motifs is 1. The maximum absolute atomic E-state index is 2.35.